The second-order valence-electron chi connectivity index (χ2n) is 8.86. The van der Waals surface area contributed by atoms with Gasteiger partial charge in [-0.1, -0.05) is 5.16 Å². The highest BCUT2D eigenvalue weighted by Crippen LogP contribution is 2.44. The number of aromatic hydroxyl groups is 2. The lowest BCUT2D eigenvalue weighted by Crippen LogP contribution is -2.16. The number of imidazole rings is 1. The van der Waals surface area contributed by atoms with Gasteiger partial charge in [0.25, 0.3) is 0 Å². The smallest absolute Gasteiger partial charge is 0.311 e. The van der Waals surface area contributed by atoms with Gasteiger partial charge in [-0.05, 0) is 54.1 Å². The summed E-state index contributed by atoms with van der Waals surface area (Å²) in [5.41, 5.74) is 6.61. The summed E-state index contributed by atoms with van der Waals surface area (Å²) in [5.74, 6) is -5.34. The lowest BCUT2D eigenvalue weighted by Gasteiger charge is -2.17. The number of H-pyrrole nitrogens is 1. The molecule has 0 aliphatic heterocycles. The number of benzene rings is 3. The zero-order valence-corrected chi connectivity index (χ0v) is 21.5. The molecule has 0 radical (unpaired) electrons. The summed E-state index contributed by atoms with van der Waals surface area (Å²) < 4.78 is 25.7. The van der Waals surface area contributed by atoms with Crippen molar-refractivity contribution >= 4 is 44.5 Å². The van der Waals surface area contributed by atoms with Gasteiger partial charge in [0.05, 0.1) is 35.2 Å². The van der Waals surface area contributed by atoms with E-state index in [9.17, 15) is 38.4 Å². The second-order valence-corrected chi connectivity index (χ2v) is 10.6. The van der Waals surface area contributed by atoms with Crippen LogP contribution in [-0.2, 0) is 19.6 Å². The van der Waals surface area contributed by atoms with Crippen molar-refractivity contribution in [3.63, 3.8) is 0 Å². The Kier molecular flexibility index (Phi) is 7.24. The van der Waals surface area contributed by atoms with Crippen molar-refractivity contribution in [3.8, 4) is 34.0 Å². The molecular formula is C25H23N5O9S. The Morgan fingerprint density at radius 2 is 1.75 bits per heavy atom. The molecule has 4 aromatic rings. The minimum Gasteiger partial charge on any atom is -0.507 e. The number of sulfonamides is 1. The number of aliphatic carboxylic acids is 2. The largest absolute Gasteiger partial charge is 0.507 e. The van der Waals surface area contributed by atoms with Gasteiger partial charge >= 0.3 is 11.9 Å². The van der Waals surface area contributed by atoms with Crippen LogP contribution in [-0.4, -0.2) is 68.0 Å². The summed E-state index contributed by atoms with van der Waals surface area (Å²) in [6, 6.07) is 10.8. The minimum atomic E-state index is -3.71. The molecule has 0 saturated heterocycles. The molecule has 1 aromatic heterocycles. The minimum absolute atomic E-state index is 0.0311. The highest BCUT2D eigenvalue weighted by Gasteiger charge is 2.27. The quantitative estimate of drug-likeness (QED) is 0.0478. The molecule has 1 unspecified atom stereocenters. The number of phenols is 2. The molecule has 0 aliphatic carbocycles. The van der Waals surface area contributed by atoms with E-state index in [1.54, 1.807) is 6.07 Å². The van der Waals surface area contributed by atoms with Crippen LogP contribution in [0.2, 0.25) is 0 Å². The Hall–Kier alpha value is -5.31. The van der Waals surface area contributed by atoms with Gasteiger partial charge < -0.3 is 36.4 Å². The van der Waals surface area contributed by atoms with Crippen molar-refractivity contribution in [1.29, 1.82) is 0 Å². The highest BCUT2D eigenvalue weighted by molar-refractivity contribution is 7.92. The van der Waals surface area contributed by atoms with Crippen LogP contribution < -0.4 is 10.5 Å². The van der Waals surface area contributed by atoms with E-state index < -0.39 is 40.1 Å². The van der Waals surface area contributed by atoms with Gasteiger partial charge in [0.15, 0.2) is 5.84 Å². The molecule has 40 heavy (non-hydrogen) atoms. The summed E-state index contributed by atoms with van der Waals surface area (Å²) >= 11 is 0. The van der Waals surface area contributed by atoms with Crippen LogP contribution in [0.5, 0.6) is 11.5 Å². The zero-order chi connectivity index (χ0) is 29.4. The third-order valence-corrected chi connectivity index (χ3v) is 6.55. The first kappa shape index (κ1) is 27.7. The van der Waals surface area contributed by atoms with Gasteiger partial charge in [0, 0.05) is 22.4 Å². The molecule has 14 nitrogen and oxygen atoms in total. The first-order valence-corrected chi connectivity index (χ1v) is 13.3. The Labute approximate surface area is 226 Å². The van der Waals surface area contributed by atoms with Crippen molar-refractivity contribution in [1.82, 2.24) is 9.97 Å². The van der Waals surface area contributed by atoms with Crippen LogP contribution in [0.25, 0.3) is 33.5 Å². The summed E-state index contributed by atoms with van der Waals surface area (Å²) in [6.07, 6.45) is 0.135. The fourth-order valence-corrected chi connectivity index (χ4v) is 4.70. The predicted molar refractivity (Wildman–Crippen MR) is 144 cm³/mol. The van der Waals surface area contributed by atoms with Gasteiger partial charge in [-0.2, -0.15) is 0 Å². The Balaban J connectivity index is 1.99. The van der Waals surface area contributed by atoms with Crippen molar-refractivity contribution in [2.75, 3.05) is 11.0 Å². The number of phenolic OH excluding ortho intramolecular Hbond substituents is 2. The normalized spacial score (nSPS) is 12.8. The topological polar surface area (TPSA) is 249 Å². The van der Waals surface area contributed by atoms with E-state index in [0.717, 1.165) is 6.26 Å². The number of nitrogens with one attached hydrogen (secondary N) is 2. The number of carboxylic acid groups (broad SMARTS) is 2. The van der Waals surface area contributed by atoms with Gasteiger partial charge in [-0.15, -0.1) is 0 Å². The third kappa shape index (κ3) is 5.73. The van der Waals surface area contributed by atoms with E-state index in [1.807, 2.05) is 0 Å². The van der Waals surface area contributed by atoms with Gasteiger partial charge in [0.1, 0.15) is 17.3 Å². The number of carbonyl (C=O) groups is 2. The van der Waals surface area contributed by atoms with E-state index in [0.29, 0.717) is 16.6 Å². The molecule has 0 amide bonds. The van der Waals surface area contributed by atoms with Crippen LogP contribution in [0.15, 0.2) is 53.7 Å². The molecule has 4 rings (SSSR count). The van der Waals surface area contributed by atoms with E-state index in [1.165, 1.54) is 42.5 Å². The molecule has 9 N–H and O–H groups in total. The van der Waals surface area contributed by atoms with Crippen LogP contribution in [0.1, 0.15) is 23.5 Å². The summed E-state index contributed by atoms with van der Waals surface area (Å²) in [5, 5.41) is 53.0. The summed E-state index contributed by atoms with van der Waals surface area (Å²) in [7, 11) is -3.71. The Morgan fingerprint density at radius 3 is 2.38 bits per heavy atom. The fraction of sp³-hybridized carbons (Fsp3) is 0.120. The maximum Gasteiger partial charge on any atom is 0.311 e. The number of rotatable bonds is 9. The maximum atomic E-state index is 12.0. The summed E-state index contributed by atoms with van der Waals surface area (Å²) in [4.78, 5) is 30.9. The SMILES string of the molecule is CS(=O)(=O)Nc1ccc(O)c(-c2cc(C(CC(=O)O)C(=O)O)cc(-c3nc4ccc(/C(N)=N\O)cc4[nH]3)c2O)c1. The number of fused-ring (bicyclic) bond motifs is 1. The van der Waals surface area contributed by atoms with E-state index in [2.05, 4.69) is 19.8 Å². The van der Waals surface area contributed by atoms with E-state index >= 15 is 0 Å². The van der Waals surface area contributed by atoms with Crippen LogP contribution in [0.4, 0.5) is 5.69 Å². The van der Waals surface area contributed by atoms with Crippen molar-refractivity contribution in [2.45, 2.75) is 12.3 Å². The molecule has 1 heterocycles. The first-order chi connectivity index (χ1) is 18.8. The number of nitrogens with two attached hydrogens (primary N) is 1. The molecule has 0 fully saturated rings. The number of hydrogen-bond acceptors (Lipinski definition) is 9. The van der Waals surface area contributed by atoms with Crippen LogP contribution >= 0.6 is 0 Å². The lowest BCUT2D eigenvalue weighted by molar-refractivity contribution is -0.145. The lowest BCUT2D eigenvalue weighted by atomic mass is 9.89. The van der Waals surface area contributed by atoms with Gasteiger partial charge in [-0.3, -0.25) is 14.3 Å². The number of nitrogens with zero attached hydrogens (tertiary/aromatic N) is 2. The number of hydrogen-bond donors (Lipinski definition) is 8. The van der Waals surface area contributed by atoms with Gasteiger partial charge in [-0.25, -0.2) is 13.4 Å². The molecule has 1 atom stereocenters. The number of aromatic amines is 1. The standard InChI is InChI=1S/C25H23N5O9S/c1-40(38,39)30-13-3-5-20(31)15(9-13)16-6-12(14(25(35)36)10-21(32)33)7-17(22(16)34)24-27-18-4-2-11(23(26)29-37)8-19(18)28-24/h2-9,14,30-31,34,37H,10H2,1H3,(H2,26,29)(H,27,28)(H,32,33)(H,35,36). The second kappa shape index (κ2) is 10.5. The van der Waals surface area contributed by atoms with Gasteiger partial charge in [0.2, 0.25) is 10.0 Å². The molecule has 208 valence electrons. The molecular weight excluding hydrogens is 546 g/mol. The number of carboxylic acids is 2. The molecule has 0 saturated carbocycles. The fourth-order valence-electron chi connectivity index (χ4n) is 4.15. The average molecular weight is 570 g/mol. The average Bonchev–Trinajstić information content (AvgIpc) is 3.30. The zero-order valence-electron chi connectivity index (χ0n) is 20.7. The van der Waals surface area contributed by atoms with E-state index in [-0.39, 0.29) is 45.4 Å². The molecule has 3 aromatic carbocycles. The van der Waals surface area contributed by atoms with Crippen LogP contribution in [0.3, 0.4) is 0 Å². The first-order valence-electron chi connectivity index (χ1n) is 11.4. The molecule has 0 bridgehead atoms. The van der Waals surface area contributed by atoms with Crippen molar-refractivity contribution in [2.24, 2.45) is 10.9 Å². The predicted octanol–water partition coefficient (Wildman–Crippen LogP) is 2.42. The maximum absolute atomic E-state index is 12.0. The Bertz CT molecular complexity index is 1800. The van der Waals surface area contributed by atoms with Crippen LogP contribution in [0, 0.1) is 0 Å². The number of amidine groups is 1. The number of aromatic nitrogens is 2. The third-order valence-electron chi connectivity index (χ3n) is 5.94. The number of oxime groups is 1. The Morgan fingerprint density at radius 1 is 1.05 bits per heavy atom. The molecule has 15 heteroatoms. The molecule has 0 aliphatic rings. The summed E-state index contributed by atoms with van der Waals surface area (Å²) in [6.45, 7) is 0. The van der Waals surface area contributed by atoms with Crippen molar-refractivity contribution < 1.29 is 43.6 Å². The van der Waals surface area contributed by atoms with Crippen molar-refractivity contribution in [3.05, 3.63) is 59.7 Å². The monoisotopic (exact) mass is 569 g/mol. The van der Waals surface area contributed by atoms with E-state index in [4.69, 9.17) is 10.9 Å². The molecule has 0 spiro atoms. The number of anilines is 1. The highest BCUT2D eigenvalue weighted by atomic mass is 32.2.